The van der Waals surface area contributed by atoms with Gasteiger partial charge in [-0.2, -0.15) is 0 Å². The van der Waals surface area contributed by atoms with Gasteiger partial charge in [-0.05, 0) is 43.2 Å². The van der Waals surface area contributed by atoms with Crippen LogP contribution >= 0.6 is 0 Å². The Morgan fingerprint density at radius 3 is 2.61 bits per heavy atom. The van der Waals surface area contributed by atoms with E-state index in [0.29, 0.717) is 17.6 Å². The molecule has 1 fully saturated rings. The van der Waals surface area contributed by atoms with Crippen molar-refractivity contribution in [3.05, 3.63) is 23.7 Å². The molecule has 130 valence electrons. The predicted molar refractivity (Wildman–Crippen MR) is 89.9 cm³/mol. The molecule has 2 heterocycles. The smallest absolute Gasteiger partial charge is 0.289 e. The number of likely N-dealkylation sites (tertiary alicyclic amines) is 1. The second-order valence-electron chi connectivity index (χ2n) is 7.12. The van der Waals surface area contributed by atoms with Crippen LogP contribution in [0.3, 0.4) is 0 Å². The Labute approximate surface area is 139 Å². The lowest BCUT2D eigenvalue weighted by molar-refractivity contribution is 0.0597. The van der Waals surface area contributed by atoms with Gasteiger partial charge in [0.2, 0.25) is 0 Å². The third kappa shape index (κ3) is 4.83. The molecule has 0 aromatic carbocycles. The Balaban J connectivity index is 2.19. The fourth-order valence-electron chi connectivity index (χ4n) is 3.20. The second kappa shape index (κ2) is 7.07. The number of sulfone groups is 1. The summed E-state index contributed by atoms with van der Waals surface area (Å²) < 4.78 is 28.2. The minimum absolute atomic E-state index is 0.127. The molecule has 2 rings (SSSR count). The van der Waals surface area contributed by atoms with Crippen LogP contribution in [0.2, 0.25) is 0 Å². The highest BCUT2D eigenvalue weighted by atomic mass is 32.2. The fraction of sp³-hybridized carbons (Fsp3) is 0.706. The first-order valence-electron chi connectivity index (χ1n) is 8.25. The Morgan fingerprint density at radius 2 is 2.00 bits per heavy atom. The van der Waals surface area contributed by atoms with Crippen molar-refractivity contribution in [1.82, 2.24) is 4.90 Å². The molecule has 0 bridgehead atoms. The molecule has 2 atom stereocenters. The summed E-state index contributed by atoms with van der Waals surface area (Å²) in [7, 11) is -3.17. The highest BCUT2D eigenvalue weighted by Gasteiger charge is 2.31. The maximum absolute atomic E-state index is 12.8. The second-order valence-corrected chi connectivity index (χ2v) is 9.26. The quantitative estimate of drug-likeness (QED) is 0.844. The van der Waals surface area contributed by atoms with E-state index in [9.17, 15) is 13.2 Å². The standard InChI is InChI=1S/C17H27NO4S/c1-12(2)15-7-5-13(3)9-10-18(15)17(19)16-8-6-14(22-16)11-23(4,20)21/h6,8,12-13,15H,5,7,9-11H2,1-4H3/t13-,15-/m1/s1. The molecular weight excluding hydrogens is 314 g/mol. The molecule has 6 heteroatoms. The topological polar surface area (TPSA) is 67.6 Å². The number of amides is 1. The van der Waals surface area contributed by atoms with Crippen molar-refractivity contribution in [1.29, 1.82) is 0 Å². The molecular formula is C17H27NO4S. The first-order valence-corrected chi connectivity index (χ1v) is 10.3. The van der Waals surface area contributed by atoms with Gasteiger partial charge in [-0.3, -0.25) is 4.79 Å². The lowest BCUT2D eigenvalue weighted by Gasteiger charge is -2.32. The predicted octanol–water partition coefficient (Wildman–Crippen LogP) is 3.11. The van der Waals surface area contributed by atoms with Crippen LogP contribution in [0.25, 0.3) is 0 Å². The molecule has 0 radical (unpaired) electrons. The van der Waals surface area contributed by atoms with E-state index < -0.39 is 9.84 Å². The lowest BCUT2D eigenvalue weighted by Crippen LogP contribution is -2.42. The number of rotatable bonds is 4. The first-order chi connectivity index (χ1) is 10.7. The summed E-state index contributed by atoms with van der Waals surface area (Å²) in [5.74, 6) is 1.26. The zero-order valence-corrected chi connectivity index (χ0v) is 15.2. The summed E-state index contributed by atoms with van der Waals surface area (Å²) in [6, 6.07) is 3.38. The van der Waals surface area contributed by atoms with E-state index in [1.54, 1.807) is 12.1 Å². The molecule has 1 aromatic rings. The lowest BCUT2D eigenvalue weighted by atomic mass is 9.95. The highest BCUT2D eigenvalue weighted by molar-refractivity contribution is 7.89. The normalized spacial score (nSPS) is 23.1. The Kier molecular flexibility index (Phi) is 5.55. The number of hydrogen-bond donors (Lipinski definition) is 0. The highest BCUT2D eigenvalue weighted by Crippen LogP contribution is 2.27. The van der Waals surface area contributed by atoms with E-state index in [-0.39, 0.29) is 23.5 Å². The Hall–Kier alpha value is -1.30. The summed E-state index contributed by atoms with van der Waals surface area (Å²) >= 11 is 0. The van der Waals surface area contributed by atoms with E-state index in [2.05, 4.69) is 20.8 Å². The molecule has 1 saturated heterocycles. The molecule has 0 N–H and O–H groups in total. The van der Waals surface area contributed by atoms with Crippen LogP contribution in [0, 0.1) is 11.8 Å². The average molecular weight is 341 g/mol. The van der Waals surface area contributed by atoms with Gasteiger partial charge in [0.1, 0.15) is 11.5 Å². The third-order valence-corrected chi connectivity index (χ3v) is 5.33. The van der Waals surface area contributed by atoms with Gasteiger partial charge >= 0.3 is 0 Å². The number of furan rings is 1. The van der Waals surface area contributed by atoms with Crippen molar-refractivity contribution in [2.24, 2.45) is 11.8 Å². The van der Waals surface area contributed by atoms with E-state index in [0.717, 1.165) is 32.1 Å². The summed E-state index contributed by atoms with van der Waals surface area (Å²) in [6.07, 6.45) is 4.28. The molecule has 23 heavy (non-hydrogen) atoms. The first kappa shape index (κ1) is 18.0. The molecule has 5 nitrogen and oxygen atoms in total. The van der Waals surface area contributed by atoms with Gasteiger partial charge in [0.05, 0.1) is 0 Å². The number of hydrogen-bond acceptors (Lipinski definition) is 4. The molecule has 1 aliphatic heterocycles. The van der Waals surface area contributed by atoms with Gasteiger partial charge in [0.25, 0.3) is 5.91 Å². The van der Waals surface area contributed by atoms with Gasteiger partial charge < -0.3 is 9.32 Å². The summed E-state index contributed by atoms with van der Waals surface area (Å²) in [5.41, 5.74) is 0. The largest absolute Gasteiger partial charge is 0.455 e. The van der Waals surface area contributed by atoms with Crippen LogP contribution < -0.4 is 0 Å². The minimum atomic E-state index is -3.17. The average Bonchev–Trinajstić information content (AvgIpc) is 2.77. The van der Waals surface area contributed by atoms with Crippen molar-refractivity contribution in [2.75, 3.05) is 12.8 Å². The maximum Gasteiger partial charge on any atom is 0.289 e. The van der Waals surface area contributed by atoms with Crippen molar-refractivity contribution in [2.45, 2.75) is 51.8 Å². The van der Waals surface area contributed by atoms with E-state index in [1.165, 1.54) is 0 Å². The molecule has 1 aromatic heterocycles. The van der Waals surface area contributed by atoms with Crippen molar-refractivity contribution < 1.29 is 17.6 Å². The molecule has 1 amide bonds. The van der Waals surface area contributed by atoms with Crippen LogP contribution in [0.15, 0.2) is 16.5 Å². The molecule has 0 spiro atoms. The van der Waals surface area contributed by atoms with Gasteiger partial charge in [0, 0.05) is 18.8 Å². The van der Waals surface area contributed by atoms with Crippen molar-refractivity contribution in [3.63, 3.8) is 0 Å². The molecule has 0 aliphatic carbocycles. The Morgan fingerprint density at radius 1 is 1.30 bits per heavy atom. The molecule has 0 saturated carbocycles. The molecule has 0 unspecified atom stereocenters. The van der Waals surface area contributed by atoms with E-state index in [4.69, 9.17) is 4.42 Å². The minimum Gasteiger partial charge on any atom is -0.455 e. The zero-order valence-electron chi connectivity index (χ0n) is 14.4. The number of carbonyl (C=O) groups is 1. The van der Waals surface area contributed by atoms with E-state index in [1.807, 2.05) is 4.90 Å². The van der Waals surface area contributed by atoms with Crippen molar-refractivity contribution in [3.8, 4) is 0 Å². The van der Waals surface area contributed by atoms with Gasteiger partial charge in [-0.1, -0.05) is 20.8 Å². The third-order valence-electron chi connectivity index (χ3n) is 4.53. The van der Waals surface area contributed by atoms with Crippen LogP contribution in [0.4, 0.5) is 0 Å². The van der Waals surface area contributed by atoms with Gasteiger partial charge in [0.15, 0.2) is 15.6 Å². The zero-order chi connectivity index (χ0) is 17.2. The van der Waals surface area contributed by atoms with E-state index >= 15 is 0 Å². The Bertz CT molecular complexity index is 647. The number of nitrogens with zero attached hydrogens (tertiary/aromatic N) is 1. The van der Waals surface area contributed by atoms with Crippen LogP contribution in [-0.2, 0) is 15.6 Å². The monoisotopic (exact) mass is 341 g/mol. The van der Waals surface area contributed by atoms with Gasteiger partial charge in [-0.15, -0.1) is 0 Å². The maximum atomic E-state index is 12.8. The van der Waals surface area contributed by atoms with Gasteiger partial charge in [-0.25, -0.2) is 8.42 Å². The summed E-state index contributed by atoms with van der Waals surface area (Å²) in [6.45, 7) is 7.23. The summed E-state index contributed by atoms with van der Waals surface area (Å²) in [4.78, 5) is 14.7. The molecule has 1 aliphatic rings. The van der Waals surface area contributed by atoms with Crippen LogP contribution in [0.5, 0.6) is 0 Å². The number of carbonyl (C=O) groups excluding carboxylic acids is 1. The van der Waals surface area contributed by atoms with Crippen LogP contribution in [-0.4, -0.2) is 38.1 Å². The SMILES string of the molecule is CC(C)[C@H]1CC[C@@H](C)CCN1C(=O)c1ccc(CS(C)(=O)=O)o1. The summed E-state index contributed by atoms with van der Waals surface area (Å²) in [5, 5.41) is 0. The van der Waals surface area contributed by atoms with Crippen molar-refractivity contribution >= 4 is 15.7 Å². The van der Waals surface area contributed by atoms with Crippen LogP contribution in [0.1, 0.15) is 56.3 Å². The fourth-order valence-corrected chi connectivity index (χ4v) is 3.87.